The van der Waals surface area contributed by atoms with E-state index < -0.39 is 29.0 Å². The van der Waals surface area contributed by atoms with Gasteiger partial charge in [0.25, 0.3) is 5.91 Å². The summed E-state index contributed by atoms with van der Waals surface area (Å²) in [7, 11) is 1.58. The molecule has 0 saturated heterocycles. The van der Waals surface area contributed by atoms with Crippen molar-refractivity contribution in [3.8, 4) is 0 Å². The number of nitrogens with zero attached hydrogens (tertiary/aromatic N) is 1. The van der Waals surface area contributed by atoms with Crippen molar-refractivity contribution >= 4 is 17.3 Å². The molecule has 2 rings (SSSR count). The van der Waals surface area contributed by atoms with Gasteiger partial charge in [-0.1, -0.05) is 0 Å². The predicted molar refractivity (Wildman–Crippen MR) is 68.1 cm³/mol. The molecule has 0 aliphatic carbocycles. The van der Waals surface area contributed by atoms with Gasteiger partial charge in [-0.25, -0.2) is 13.2 Å². The Hall–Kier alpha value is -2.57. The lowest BCUT2D eigenvalue weighted by molar-refractivity contribution is 0.102. The smallest absolute Gasteiger partial charge is 0.258 e. The summed E-state index contributed by atoms with van der Waals surface area (Å²) in [6.45, 7) is 0. The third kappa shape index (κ3) is 2.71. The fraction of sp³-hybridized carbons (Fsp3) is 0.0769. The van der Waals surface area contributed by atoms with Crippen LogP contribution in [0.5, 0.6) is 0 Å². The van der Waals surface area contributed by atoms with E-state index in [1.165, 1.54) is 18.5 Å². The number of hydrogen-bond donors (Lipinski definition) is 2. The van der Waals surface area contributed by atoms with Gasteiger partial charge in [0.05, 0.1) is 17.4 Å². The van der Waals surface area contributed by atoms with Crippen LogP contribution in [0.2, 0.25) is 0 Å². The van der Waals surface area contributed by atoms with Crippen molar-refractivity contribution in [2.75, 3.05) is 17.7 Å². The predicted octanol–water partition coefficient (Wildman–Crippen LogP) is 2.79. The number of rotatable bonds is 3. The number of aromatic nitrogens is 1. The molecule has 7 heteroatoms. The average Bonchev–Trinajstić information content (AvgIpc) is 2.42. The lowest BCUT2D eigenvalue weighted by Gasteiger charge is -2.10. The molecule has 1 heterocycles. The van der Waals surface area contributed by atoms with Crippen molar-refractivity contribution in [3.05, 3.63) is 53.6 Å². The molecule has 0 saturated carbocycles. The standard InChI is InChI=1S/C13H10F3N3O/c1-17-11-6-18-3-2-8(11)13(20)19-12-9(15)4-7(14)5-10(12)16/h2-6,17H,1H3,(H,19,20). The number of amides is 1. The van der Waals surface area contributed by atoms with Crippen molar-refractivity contribution in [2.45, 2.75) is 0 Å². The highest BCUT2D eigenvalue weighted by Crippen LogP contribution is 2.22. The first-order valence-corrected chi connectivity index (χ1v) is 5.60. The normalized spacial score (nSPS) is 10.2. The van der Waals surface area contributed by atoms with E-state index in [2.05, 4.69) is 15.6 Å². The second kappa shape index (κ2) is 5.60. The van der Waals surface area contributed by atoms with Gasteiger partial charge in [0, 0.05) is 25.4 Å². The first kappa shape index (κ1) is 13.9. The van der Waals surface area contributed by atoms with Gasteiger partial charge in [-0.15, -0.1) is 0 Å². The zero-order valence-electron chi connectivity index (χ0n) is 10.4. The second-order valence-corrected chi connectivity index (χ2v) is 3.87. The van der Waals surface area contributed by atoms with Gasteiger partial charge < -0.3 is 10.6 Å². The highest BCUT2D eigenvalue weighted by atomic mass is 19.1. The topological polar surface area (TPSA) is 54.0 Å². The Kier molecular flexibility index (Phi) is 3.88. The maximum atomic E-state index is 13.4. The summed E-state index contributed by atoms with van der Waals surface area (Å²) >= 11 is 0. The van der Waals surface area contributed by atoms with Crippen molar-refractivity contribution in [1.29, 1.82) is 0 Å². The van der Waals surface area contributed by atoms with Gasteiger partial charge in [0.15, 0.2) is 11.6 Å². The van der Waals surface area contributed by atoms with E-state index >= 15 is 0 Å². The molecule has 0 fully saturated rings. The minimum Gasteiger partial charge on any atom is -0.386 e. The monoisotopic (exact) mass is 281 g/mol. The van der Waals surface area contributed by atoms with Crippen LogP contribution < -0.4 is 10.6 Å². The summed E-state index contributed by atoms with van der Waals surface area (Å²) in [5.74, 6) is -4.16. The van der Waals surface area contributed by atoms with E-state index in [1.807, 2.05) is 0 Å². The van der Waals surface area contributed by atoms with Gasteiger partial charge in [-0.2, -0.15) is 0 Å². The lowest BCUT2D eigenvalue weighted by atomic mass is 10.2. The maximum absolute atomic E-state index is 13.4. The van der Waals surface area contributed by atoms with Crippen molar-refractivity contribution in [2.24, 2.45) is 0 Å². The lowest BCUT2D eigenvalue weighted by Crippen LogP contribution is -2.16. The van der Waals surface area contributed by atoms with Crippen LogP contribution in [0, 0.1) is 17.5 Å². The summed E-state index contributed by atoms with van der Waals surface area (Å²) in [6, 6.07) is 2.37. The molecule has 0 atom stereocenters. The molecule has 1 aromatic carbocycles. The minimum atomic E-state index is -1.18. The quantitative estimate of drug-likeness (QED) is 0.909. The number of pyridine rings is 1. The highest BCUT2D eigenvalue weighted by Gasteiger charge is 2.17. The molecule has 104 valence electrons. The summed E-state index contributed by atoms with van der Waals surface area (Å²) < 4.78 is 39.7. The van der Waals surface area contributed by atoms with Crippen LogP contribution in [0.4, 0.5) is 24.5 Å². The summed E-state index contributed by atoms with van der Waals surface area (Å²) in [5, 5.41) is 4.80. The molecule has 1 amide bonds. The molecule has 2 aromatic rings. The van der Waals surface area contributed by atoms with E-state index in [0.29, 0.717) is 17.8 Å². The molecule has 2 N–H and O–H groups in total. The zero-order valence-corrected chi connectivity index (χ0v) is 10.4. The molecule has 0 spiro atoms. The molecule has 0 aliphatic rings. The third-order valence-electron chi connectivity index (χ3n) is 2.58. The fourth-order valence-corrected chi connectivity index (χ4v) is 1.63. The minimum absolute atomic E-state index is 0.158. The number of carbonyl (C=O) groups excluding carboxylic acids is 1. The molecule has 0 bridgehead atoms. The van der Waals surface area contributed by atoms with E-state index in [4.69, 9.17) is 0 Å². The first-order chi connectivity index (χ1) is 9.52. The maximum Gasteiger partial charge on any atom is 0.258 e. The average molecular weight is 281 g/mol. The van der Waals surface area contributed by atoms with Crippen molar-refractivity contribution in [1.82, 2.24) is 4.98 Å². The molecule has 0 radical (unpaired) electrons. The van der Waals surface area contributed by atoms with Gasteiger partial charge in [-0.3, -0.25) is 9.78 Å². The summed E-state index contributed by atoms with van der Waals surface area (Å²) in [5.41, 5.74) is -0.145. The molecule has 1 aromatic heterocycles. The van der Waals surface area contributed by atoms with Crippen LogP contribution in [0.15, 0.2) is 30.6 Å². The molecular formula is C13H10F3N3O. The number of benzene rings is 1. The van der Waals surface area contributed by atoms with Crippen LogP contribution in [0.1, 0.15) is 10.4 Å². The largest absolute Gasteiger partial charge is 0.386 e. The molecule has 0 aliphatic heterocycles. The zero-order chi connectivity index (χ0) is 14.7. The number of nitrogens with one attached hydrogen (secondary N) is 2. The summed E-state index contributed by atoms with van der Waals surface area (Å²) in [6.07, 6.45) is 2.76. The van der Waals surface area contributed by atoms with Gasteiger partial charge >= 0.3 is 0 Å². The second-order valence-electron chi connectivity index (χ2n) is 3.87. The molecule has 20 heavy (non-hydrogen) atoms. The van der Waals surface area contributed by atoms with Gasteiger partial charge in [0.2, 0.25) is 0 Å². The van der Waals surface area contributed by atoms with Crippen LogP contribution in [0.25, 0.3) is 0 Å². The van der Waals surface area contributed by atoms with Crippen molar-refractivity contribution < 1.29 is 18.0 Å². The van der Waals surface area contributed by atoms with E-state index in [9.17, 15) is 18.0 Å². The Morgan fingerprint density at radius 3 is 2.45 bits per heavy atom. The molecule has 0 unspecified atom stereocenters. The number of carbonyl (C=O) groups is 1. The third-order valence-corrected chi connectivity index (χ3v) is 2.58. The van der Waals surface area contributed by atoms with Crippen LogP contribution in [-0.2, 0) is 0 Å². The van der Waals surface area contributed by atoms with E-state index in [1.54, 1.807) is 7.05 Å². The fourth-order valence-electron chi connectivity index (χ4n) is 1.63. The van der Waals surface area contributed by atoms with Crippen LogP contribution in [0.3, 0.4) is 0 Å². The molecular weight excluding hydrogens is 271 g/mol. The first-order valence-electron chi connectivity index (χ1n) is 5.60. The number of halogens is 3. The van der Waals surface area contributed by atoms with E-state index in [0.717, 1.165) is 0 Å². The van der Waals surface area contributed by atoms with Gasteiger partial charge in [-0.05, 0) is 6.07 Å². The highest BCUT2D eigenvalue weighted by molar-refractivity contribution is 6.07. The van der Waals surface area contributed by atoms with Crippen molar-refractivity contribution in [3.63, 3.8) is 0 Å². The Morgan fingerprint density at radius 1 is 1.20 bits per heavy atom. The van der Waals surface area contributed by atoms with Crippen LogP contribution >= 0.6 is 0 Å². The van der Waals surface area contributed by atoms with Crippen LogP contribution in [-0.4, -0.2) is 17.9 Å². The van der Waals surface area contributed by atoms with Gasteiger partial charge in [0.1, 0.15) is 11.5 Å². The SMILES string of the molecule is CNc1cnccc1C(=O)Nc1c(F)cc(F)cc1F. The van der Waals surface area contributed by atoms with E-state index in [-0.39, 0.29) is 5.56 Å². The molecule has 4 nitrogen and oxygen atoms in total. The Balaban J connectivity index is 2.33. The number of hydrogen-bond acceptors (Lipinski definition) is 3. The Labute approximate surface area is 112 Å². The Morgan fingerprint density at radius 2 is 1.85 bits per heavy atom. The summed E-state index contributed by atoms with van der Waals surface area (Å²) in [4.78, 5) is 15.8. The number of anilines is 2. The Bertz CT molecular complexity index is 638.